The summed E-state index contributed by atoms with van der Waals surface area (Å²) >= 11 is 0. The first-order valence-corrected chi connectivity index (χ1v) is 10.8. The second-order valence-corrected chi connectivity index (χ2v) is 8.61. The van der Waals surface area contributed by atoms with Crippen molar-refractivity contribution in [1.29, 1.82) is 0 Å². The fourth-order valence-corrected chi connectivity index (χ4v) is 3.59. The maximum atomic E-state index is 12.5. The van der Waals surface area contributed by atoms with Crippen LogP contribution in [0.25, 0.3) is 32.9 Å². The SMILES string of the molecule is CCOC(=O)Oc1c[nH]c2c(=O)[nH]c3ccc(-c4cccc(NC(=O)OC(C)(C)C)c4)cc3c12. The third-order valence-corrected chi connectivity index (χ3v) is 4.90. The molecule has 0 aliphatic rings. The maximum Gasteiger partial charge on any atom is 0.513 e. The Balaban J connectivity index is 1.75. The highest BCUT2D eigenvalue weighted by Gasteiger charge is 2.18. The predicted molar refractivity (Wildman–Crippen MR) is 129 cm³/mol. The van der Waals surface area contributed by atoms with Crippen LogP contribution in [0.5, 0.6) is 5.75 Å². The molecule has 9 nitrogen and oxygen atoms in total. The molecular formula is C25H25N3O6. The van der Waals surface area contributed by atoms with Gasteiger partial charge in [-0.2, -0.15) is 0 Å². The van der Waals surface area contributed by atoms with E-state index in [1.54, 1.807) is 39.8 Å². The zero-order valence-corrected chi connectivity index (χ0v) is 19.3. The zero-order valence-electron chi connectivity index (χ0n) is 19.3. The normalized spacial score (nSPS) is 11.4. The Hall–Kier alpha value is -4.27. The van der Waals surface area contributed by atoms with Crippen molar-refractivity contribution in [2.75, 3.05) is 11.9 Å². The summed E-state index contributed by atoms with van der Waals surface area (Å²) in [6.45, 7) is 7.23. The van der Waals surface area contributed by atoms with Gasteiger partial charge in [-0.05, 0) is 63.1 Å². The van der Waals surface area contributed by atoms with Gasteiger partial charge in [0.2, 0.25) is 0 Å². The second kappa shape index (κ2) is 8.93. The van der Waals surface area contributed by atoms with Gasteiger partial charge in [0.25, 0.3) is 5.56 Å². The molecule has 0 radical (unpaired) electrons. The number of nitrogens with one attached hydrogen (secondary N) is 3. The number of pyridine rings is 1. The minimum atomic E-state index is -0.853. The lowest BCUT2D eigenvalue weighted by atomic mass is 10.0. The molecule has 2 aromatic carbocycles. The van der Waals surface area contributed by atoms with E-state index >= 15 is 0 Å². The molecule has 4 aromatic rings. The molecule has 1 amide bonds. The van der Waals surface area contributed by atoms with Gasteiger partial charge in [-0.1, -0.05) is 18.2 Å². The van der Waals surface area contributed by atoms with Gasteiger partial charge in [0.05, 0.1) is 12.0 Å². The number of amides is 1. The molecule has 0 saturated heterocycles. The summed E-state index contributed by atoms with van der Waals surface area (Å²) in [4.78, 5) is 42.2. The second-order valence-electron chi connectivity index (χ2n) is 8.61. The van der Waals surface area contributed by atoms with Gasteiger partial charge in [-0.3, -0.25) is 10.1 Å². The minimum Gasteiger partial charge on any atom is -0.444 e. The van der Waals surface area contributed by atoms with Gasteiger partial charge in [0.15, 0.2) is 5.75 Å². The standard InChI is InChI=1S/C25H25N3O6/c1-5-32-24(31)33-19-13-26-21-20(19)17-12-15(9-10-18(17)28-22(21)29)14-7-6-8-16(11-14)27-23(30)34-25(2,3)4/h6-13,26H,5H2,1-4H3,(H,27,30)(H,28,29). The lowest BCUT2D eigenvalue weighted by Gasteiger charge is -2.19. The minimum absolute atomic E-state index is 0.167. The van der Waals surface area contributed by atoms with E-state index in [1.165, 1.54) is 6.20 Å². The number of hydrogen-bond acceptors (Lipinski definition) is 6. The number of anilines is 1. The average Bonchev–Trinajstić information content (AvgIpc) is 3.17. The van der Waals surface area contributed by atoms with Gasteiger partial charge in [-0.15, -0.1) is 0 Å². The number of aromatic nitrogens is 2. The summed E-state index contributed by atoms with van der Waals surface area (Å²) < 4.78 is 15.5. The van der Waals surface area contributed by atoms with Crippen LogP contribution in [0.3, 0.4) is 0 Å². The molecule has 9 heteroatoms. The van der Waals surface area contributed by atoms with Crippen LogP contribution in [0.2, 0.25) is 0 Å². The summed E-state index contributed by atoms with van der Waals surface area (Å²) in [5.74, 6) is 0.196. The summed E-state index contributed by atoms with van der Waals surface area (Å²) in [5.41, 5.74) is 2.16. The van der Waals surface area contributed by atoms with Crippen LogP contribution in [0.15, 0.2) is 53.5 Å². The average molecular weight is 463 g/mol. The fourth-order valence-electron chi connectivity index (χ4n) is 3.59. The lowest BCUT2D eigenvalue weighted by molar-refractivity contribution is 0.0635. The Morgan fingerprint density at radius 1 is 1.06 bits per heavy atom. The monoisotopic (exact) mass is 463 g/mol. The van der Waals surface area contributed by atoms with E-state index in [-0.39, 0.29) is 23.4 Å². The zero-order chi connectivity index (χ0) is 24.5. The molecule has 3 N–H and O–H groups in total. The van der Waals surface area contributed by atoms with Crippen molar-refractivity contribution in [2.24, 2.45) is 0 Å². The molecule has 0 unspecified atom stereocenters. The molecule has 4 rings (SSSR count). The lowest BCUT2D eigenvalue weighted by Crippen LogP contribution is -2.27. The number of ether oxygens (including phenoxy) is 3. The molecule has 0 saturated carbocycles. The number of carbonyl (C=O) groups excluding carboxylic acids is 2. The van der Waals surface area contributed by atoms with E-state index in [9.17, 15) is 14.4 Å². The first-order chi connectivity index (χ1) is 16.1. The fraction of sp³-hybridized carbons (Fsp3) is 0.240. The van der Waals surface area contributed by atoms with Crippen molar-refractivity contribution in [3.63, 3.8) is 0 Å². The molecule has 0 spiro atoms. The molecule has 0 bridgehead atoms. The largest absolute Gasteiger partial charge is 0.513 e. The summed E-state index contributed by atoms with van der Waals surface area (Å²) in [5, 5.41) is 3.88. The molecule has 2 aromatic heterocycles. The van der Waals surface area contributed by atoms with Crippen molar-refractivity contribution in [3.05, 3.63) is 59.0 Å². The first kappa shape index (κ1) is 22.9. The van der Waals surface area contributed by atoms with Crippen LogP contribution < -0.4 is 15.6 Å². The van der Waals surface area contributed by atoms with Crippen LogP contribution in [0.4, 0.5) is 15.3 Å². The molecule has 34 heavy (non-hydrogen) atoms. The van der Waals surface area contributed by atoms with E-state index in [0.29, 0.717) is 22.0 Å². The van der Waals surface area contributed by atoms with Crippen molar-refractivity contribution >= 4 is 39.7 Å². The first-order valence-electron chi connectivity index (χ1n) is 10.8. The maximum absolute atomic E-state index is 12.5. The Labute approximate surface area is 195 Å². The summed E-state index contributed by atoms with van der Waals surface area (Å²) in [7, 11) is 0. The molecule has 0 aliphatic heterocycles. The number of H-pyrrole nitrogens is 2. The molecule has 0 aliphatic carbocycles. The summed E-state index contributed by atoms with van der Waals surface area (Å²) in [6, 6.07) is 12.8. The quantitative estimate of drug-likeness (QED) is 0.341. The van der Waals surface area contributed by atoms with Gasteiger partial charge < -0.3 is 24.2 Å². The van der Waals surface area contributed by atoms with Gasteiger partial charge in [-0.25, -0.2) is 9.59 Å². The van der Waals surface area contributed by atoms with Crippen molar-refractivity contribution in [1.82, 2.24) is 9.97 Å². The van der Waals surface area contributed by atoms with E-state index in [4.69, 9.17) is 14.2 Å². The van der Waals surface area contributed by atoms with E-state index < -0.39 is 17.8 Å². The van der Waals surface area contributed by atoms with Crippen molar-refractivity contribution in [2.45, 2.75) is 33.3 Å². The molecule has 0 fully saturated rings. The highest BCUT2D eigenvalue weighted by molar-refractivity contribution is 6.09. The number of benzene rings is 2. The van der Waals surface area contributed by atoms with Crippen molar-refractivity contribution in [3.8, 4) is 16.9 Å². The Morgan fingerprint density at radius 2 is 1.82 bits per heavy atom. The van der Waals surface area contributed by atoms with Gasteiger partial charge >= 0.3 is 12.2 Å². The molecule has 0 atom stereocenters. The van der Waals surface area contributed by atoms with Gasteiger partial charge in [0.1, 0.15) is 11.1 Å². The van der Waals surface area contributed by atoms with Crippen LogP contribution in [-0.2, 0) is 9.47 Å². The van der Waals surface area contributed by atoms with Crippen LogP contribution in [0.1, 0.15) is 27.7 Å². The number of fused-ring (bicyclic) bond motifs is 3. The third-order valence-electron chi connectivity index (χ3n) is 4.90. The Kier molecular flexibility index (Phi) is 6.02. The van der Waals surface area contributed by atoms with Crippen LogP contribution in [-0.4, -0.2) is 34.4 Å². The highest BCUT2D eigenvalue weighted by Crippen LogP contribution is 2.33. The number of carbonyl (C=O) groups is 2. The Morgan fingerprint density at radius 3 is 2.56 bits per heavy atom. The van der Waals surface area contributed by atoms with Crippen LogP contribution >= 0.6 is 0 Å². The van der Waals surface area contributed by atoms with Crippen LogP contribution in [0, 0.1) is 0 Å². The predicted octanol–water partition coefficient (Wildman–Crippen LogP) is 5.56. The smallest absolute Gasteiger partial charge is 0.444 e. The van der Waals surface area contributed by atoms with Gasteiger partial charge in [0, 0.05) is 22.8 Å². The number of hydrogen-bond donors (Lipinski definition) is 3. The Bertz CT molecular complexity index is 1440. The molecular weight excluding hydrogens is 438 g/mol. The molecule has 176 valence electrons. The van der Waals surface area contributed by atoms with E-state index in [2.05, 4.69) is 15.3 Å². The highest BCUT2D eigenvalue weighted by atomic mass is 16.7. The number of aromatic amines is 2. The van der Waals surface area contributed by atoms with E-state index in [1.807, 2.05) is 30.3 Å². The van der Waals surface area contributed by atoms with E-state index in [0.717, 1.165) is 11.1 Å². The van der Waals surface area contributed by atoms with Crippen molar-refractivity contribution < 1.29 is 23.8 Å². The summed E-state index contributed by atoms with van der Waals surface area (Å²) in [6.07, 6.45) is 0.0540. The topological polar surface area (TPSA) is 123 Å². The number of rotatable bonds is 4. The third kappa shape index (κ3) is 4.88. The molecule has 2 heterocycles.